The predicted molar refractivity (Wildman–Crippen MR) is 94.3 cm³/mol. The van der Waals surface area contributed by atoms with Gasteiger partial charge >= 0.3 is 12.1 Å². The summed E-state index contributed by atoms with van der Waals surface area (Å²) >= 11 is 0. The van der Waals surface area contributed by atoms with Gasteiger partial charge in [0, 0.05) is 11.3 Å². The first-order valence-electron chi connectivity index (χ1n) is 8.84. The van der Waals surface area contributed by atoms with Crippen LogP contribution >= 0.6 is 0 Å². The summed E-state index contributed by atoms with van der Waals surface area (Å²) in [5.74, 6) is -0.309. The van der Waals surface area contributed by atoms with Crippen molar-refractivity contribution in [3.63, 3.8) is 0 Å². The van der Waals surface area contributed by atoms with E-state index in [1.165, 1.54) is 0 Å². The standard InChI is InChI=1S/C19H23N3O4/c1-2-25-18(23)12-22-17-10-6-9-16(15(17)11-20-22)21-19(24)26-13-14-7-4-3-5-8-14/h3-5,7-8,11,16H,2,6,9-10,12-13H2,1H3,(H,21,24). The van der Waals surface area contributed by atoms with E-state index < -0.39 is 6.09 Å². The van der Waals surface area contributed by atoms with Gasteiger partial charge in [-0.1, -0.05) is 30.3 Å². The predicted octanol–water partition coefficient (Wildman–Crippen LogP) is 2.75. The van der Waals surface area contributed by atoms with Crippen LogP contribution in [0.4, 0.5) is 4.79 Å². The van der Waals surface area contributed by atoms with E-state index in [0.29, 0.717) is 6.61 Å². The van der Waals surface area contributed by atoms with E-state index in [9.17, 15) is 9.59 Å². The molecule has 1 unspecified atom stereocenters. The van der Waals surface area contributed by atoms with E-state index in [4.69, 9.17) is 9.47 Å². The lowest BCUT2D eigenvalue weighted by molar-refractivity contribution is -0.144. The third-order valence-corrected chi connectivity index (χ3v) is 4.35. The second kappa shape index (κ2) is 8.51. The molecule has 2 aromatic rings. The summed E-state index contributed by atoms with van der Waals surface area (Å²) < 4.78 is 11.9. The Balaban J connectivity index is 1.60. The Morgan fingerprint density at radius 1 is 1.27 bits per heavy atom. The monoisotopic (exact) mass is 357 g/mol. The molecule has 138 valence electrons. The smallest absolute Gasteiger partial charge is 0.407 e. The second-order valence-corrected chi connectivity index (χ2v) is 6.16. The van der Waals surface area contributed by atoms with Gasteiger partial charge in [-0.3, -0.25) is 9.48 Å². The molecule has 7 heteroatoms. The number of amides is 1. The fraction of sp³-hybridized carbons (Fsp3) is 0.421. The number of alkyl carbamates (subject to hydrolysis) is 1. The number of carbonyl (C=O) groups excluding carboxylic acids is 2. The molecule has 1 aliphatic carbocycles. The quantitative estimate of drug-likeness (QED) is 0.804. The Bertz CT molecular complexity index is 757. The van der Waals surface area contributed by atoms with Crippen LogP contribution in [0.1, 0.15) is 42.6 Å². The molecule has 0 fully saturated rings. The van der Waals surface area contributed by atoms with Crippen LogP contribution in [-0.2, 0) is 33.8 Å². The van der Waals surface area contributed by atoms with Crippen molar-refractivity contribution in [2.45, 2.75) is 45.4 Å². The van der Waals surface area contributed by atoms with Crippen LogP contribution in [0.5, 0.6) is 0 Å². The number of rotatable bonds is 6. The first-order valence-corrected chi connectivity index (χ1v) is 8.84. The Labute approximate surface area is 152 Å². The van der Waals surface area contributed by atoms with E-state index in [0.717, 1.165) is 36.1 Å². The number of nitrogens with zero attached hydrogens (tertiary/aromatic N) is 2. The number of nitrogens with one attached hydrogen (secondary N) is 1. The lowest BCUT2D eigenvalue weighted by Crippen LogP contribution is -2.31. The van der Waals surface area contributed by atoms with Crippen LogP contribution in [0.15, 0.2) is 36.5 Å². The number of hydrogen-bond acceptors (Lipinski definition) is 5. The minimum Gasteiger partial charge on any atom is -0.465 e. The minimum atomic E-state index is -0.454. The highest BCUT2D eigenvalue weighted by atomic mass is 16.5. The average molecular weight is 357 g/mol. The lowest BCUT2D eigenvalue weighted by atomic mass is 9.93. The zero-order valence-corrected chi connectivity index (χ0v) is 14.8. The topological polar surface area (TPSA) is 82.5 Å². The number of carbonyl (C=O) groups is 2. The summed E-state index contributed by atoms with van der Waals surface area (Å²) in [6.45, 7) is 2.44. The van der Waals surface area contributed by atoms with Crippen molar-refractivity contribution in [1.82, 2.24) is 15.1 Å². The number of benzene rings is 1. The van der Waals surface area contributed by atoms with Crippen molar-refractivity contribution in [3.05, 3.63) is 53.3 Å². The molecular formula is C19H23N3O4. The minimum absolute atomic E-state index is 0.0916. The summed E-state index contributed by atoms with van der Waals surface area (Å²) in [6, 6.07) is 9.39. The maximum atomic E-state index is 12.1. The van der Waals surface area contributed by atoms with Crippen molar-refractivity contribution < 1.29 is 19.1 Å². The molecular weight excluding hydrogens is 334 g/mol. The Kier molecular flexibility index (Phi) is 5.88. The van der Waals surface area contributed by atoms with Crippen molar-refractivity contribution in [3.8, 4) is 0 Å². The van der Waals surface area contributed by atoms with Gasteiger partial charge in [0.15, 0.2) is 0 Å². The maximum absolute atomic E-state index is 12.1. The van der Waals surface area contributed by atoms with Crippen LogP contribution in [0.2, 0.25) is 0 Å². The average Bonchev–Trinajstić information content (AvgIpc) is 3.05. The Morgan fingerprint density at radius 3 is 2.85 bits per heavy atom. The Hall–Kier alpha value is -2.83. The van der Waals surface area contributed by atoms with Gasteiger partial charge in [0.2, 0.25) is 0 Å². The summed E-state index contributed by atoms with van der Waals surface area (Å²) in [5, 5.41) is 7.20. The zero-order chi connectivity index (χ0) is 18.4. The molecule has 0 radical (unpaired) electrons. The molecule has 1 aromatic carbocycles. The molecule has 1 aromatic heterocycles. The van der Waals surface area contributed by atoms with Gasteiger partial charge in [0.25, 0.3) is 0 Å². The van der Waals surface area contributed by atoms with Gasteiger partial charge in [-0.15, -0.1) is 0 Å². The number of esters is 1. The van der Waals surface area contributed by atoms with Crippen LogP contribution in [0.3, 0.4) is 0 Å². The molecule has 1 heterocycles. The molecule has 26 heavy (non-hydrogen) atoms. The van der Waals surface area contributed by atoms with Crippen molar-refractivity contribution >= 4 is 12.1 Å². The number of fused-ring (bicyclic) bond motifs is 1. The lowest BCUT2D eigenvalue weighted by Gasteiger charge is -2.23. The largest absolute Gasteiger partial charge is 0.465 e. The summed E-state index contributed by atoms with van der Waals surface area (Å²) in [4.78, 5) is 23.8. The molecule has 1 atom stereocenters. The first kappa shape index (κ1) is 18.0. The molecule has 1 aliphatic rings. The molecule has 3 rings (SSSR count). The number of ether oxygens (including phenoxy) is 2. The first-order chi connectivity index (χ1) is 12.7. The van der Waals surface area contributed by atoms with Crippen molar-refractivity contribution in [2.75, 3.05) is 6.61 Å². The van der Waals surface area contributed by atoms with Crippen LogP contribution in [-0.4, -0.2) is 28.4 Å². The van der Waals surface area contributed by atoms with Gasteiger partial charge in [-0.2, -0.15) is 5.10 Å². The van der Waals surface area contributed by atoms with Crippen molar-refractivity contribution in [2.24, 2.45) is 0 Å². The molecule has 1 amide bonds. The van der Waals surface area contributed by atoms with E-state index in [1.807, 2.05) is 30.3 Å². The van der Waals surface area contributed by atoms with Crippen molar-refractivity contribution in [1.29, 1.82) is 0 Å². The van der Waals surface area contributed by atoms with Gasteiger partial charge in [0.1, 0.15) is 13.2 Å². The number of hydrogen-bond donors (Lipinski definition) is 1. The van der Waals surface area contributed by atoms with Gasteiger partial charge in [-0.25, -0.2) is 4.79 Å². The van der Waals surface area contributed by atoms with Gasteiger partial charge in [-0.05, 0) is 31.7 Å². The number of aromatic nitrogens is 2. The van der Waals surface area contributed by atoms with Gasteiger partial charge < -0.3 is 14.8 Å². The van der Waals surface area contributed by atoms with Crippen LogP contribution < -0.4 is 5.32 Å². The highest BCUT2D eigenvalue weighted by Crippen LogP contribution is 2.29. The highest BCUT2D eigenvalue weighted by Gasteiger charge is 2.26. The van der Waals surface area contributed by atoms with E-state index in [-0.39, 0.29) is 25.2 Å². The maximum Gasteiger partial charge on any atom is 0.407 e. The molecule has 1 N–H and O–H groups in total. The molecule has 0 saturated carbocycles. The summed E-state index contributed by atoms with van der Waals surface area (Å²) in [7, 11) is 0. The van der Waals surface area contributed by atoms with Crippen LogP contribution in [0, 0.1) is 0 Å². The summed E-state index contributed by atoms with van der Waals surface area (Å²) in [6.07, 6.45) is 3.82. The van der Waals surface area contributed by atoms with Gasteiger partial charge in [0.05, 0.1) is 18.8 Å². The summed E-state index contributed by atoms with van der Waals surface area (Å²) in [5.41, 5.74) is 2.85. The molecule has 7 nitrogen and oxygen atoms in total. The molecule has 0 bridgehead atoms. The molecule has 0 saturated heterocycles. The highest BCUT2D eigenvalue weighted by molar-refractivity contribution is 5.69. The molecule has 0 spiro atoms. The van der Waals surface area contributed by atoms with E-state index in [1.54, 1.807) is 17.8 Å². The normalized spacial score (nSPS) is 15.8. The Morgan fingerprint density at radius 2 is 2.08 bits per heavy atom. The second-order valence-electron chi connectivity index (χ2n) is 6.16. The third kappa shape index (κ3) is 4.41. The fourth-order valence-corrected chi connectivity index (χ4v) is 3.14. The fourth-order valence-electron chi connectivity index (χ4n) is 3.14. The third-order valence-electron chi connectivity index (χ3n) is 4.35. The van der Waals surface area contributed by atoms with E-state index in [2.05, 4.69) is 10.4 Å². The van der Waals surface area contributed by atoms with E-state index >= 15 is 0 Å². The molecule has 0 aliphatic heterocycles. The SMILES string of the molecule is CCOC(=O)Cn1ncc2c1CCCC2NC(=O)OCc1ccccc1. The zero-order valence-electron chi connectivity index (χ0n) is 14.8. The van der Waals surface area contributed by atoms with Crippen LogP contribution in [0.25, 0.3) is 0 Å².